The standard InChI is InChI=1S/C26H28BrNO7/c1-26(2,3)20-13-17(27)7-9-21(20)33-15-23(29)34-18-8-6-16-12-19(25(31)35-22(16)14-18)24(30)28-10-5-11-32-4/h6-9,12-14H,5,10-11,15H2,1-4H3,(H,28,30). The zero-order valence-corrected chi connectivity index (χ0v) is 21.7. The van der Waals surface area contributed by atoms with Crippen molar-refractivity contribution in [3.63, 3.8) is 0 Å². The third-order valence-corrected chi connectivity index (χ3v) is 5.58. The van der Waals surface area contributed by atoms with Crippen LogP contribution in [0.15, 0.2) is 56.1 Å². The number of rotatable bonds is 9. The van der Waals surface area contributed by atoms with E-state index in [-0.39, 0.29) is 28.9 Å². The third kappa shape index (κ3) is 7.16. The summed E-state index contributed by atoms with van der Waals surface area (Å²) in [5.41, 5.74) is 0.0833. The normalized spacial score (nSPS) is 11.3. The van der Waals surface area contributed by atoms with Crippen LogP contribution in [0.3, 0.4) is 0 Å². The zero-order valence-electron chi connectivity index (χ0n) is 20.1. The first-order chi connectivity index (χ1) is 16.6. The largest absolute Gasteiger partial charge is 0.482 e. The number of benzene rings is 2. The summed E-state index contributed by atoms with van der Waals surface area (Å²) in [7, 11) is 1.57. The van der Waals surface area contributed by atoms with Gasteiger partial charge in [-0.2, -0.15) is 0 Å². The van der Waals surface area contributed by atoms with E-state index in [4.69, 9.17) is 18.6 Å². The average molecular weight is 546 g/mol. The van der Waals surface area contributed by atoms with Crippen molar-refractivity contribution < 1.29 is 28.2 Å². The number of esters is 1. The molecular weight excluding hydrogens is 518 g/mol. The Bertz CT molecular complexity index is 1280. The van der Waals surface area contributed by atoms with Crippen LogP contribution in [0.25, 0.3) is 11.0 Å². The number of halogens is 1. The molecule has 0 aliphatic rings. The quantitative estimate of drug-likeness (QED) is 0.181. The van der Waals surface area contributed by atoms with E-state index in [0.29, 0.717) is 30.7 Å². The molecule has 2 aromatic carbocycles. The summed E-state index contributed by atoms with van der Waals surface area (Å²) in [6.07, 6.45) is 0.624. The van der Waals surface area contributed by atoms with Gasteiger partial charge in [0.25, 0.3) is 5.91 Å². The van der Waals surface area contributed by atoms with Crippen molar-refractivity contribution >= 4 is 38.8 Å². The monoisotopic (exact) mass is 545 g/mol. The van der Waals surface area contributed by atoms with Gasteiger partial charge in [-0.15, -0.1) is 0 Å². The van der Waals surface area contributed by atoms with Gasteiger partial charge in [-0.3, -0.25) is 4.79 Å². The lowest BCUT2D eigenvalue weighted by Crippen LogP contribution is -2.29. The molecule has 3 aromatic rings. The number of carbonyl (C=O) groups excluding carboxylic acids is 2. The number of methoxy groups -OCH3 is 1. The van der Waals surface area contributed by atoms with Gasteiger partial charge in [-0.05, 0) is 48.2 Å². The van der Waals surface area contributed by atoms with E-state index in [0.717, 1.165) is 10.0 Å². The molecule has 1 amide bonds. The highest BCUT2D eigenvalue weighted by atomic mass is 79.9. The summed E-state index contributed by atoms with van der Waals surface area (Å²) in [4.78, 5) is 37.0. The van der Waals surface area contributed by atoms with Crippen LogP contribution in [0.4, 0.5) is 0 Å². The Kier molecular flexibility index (Phi) is 8.69. The van der Waals surface area contributed by atoms with Crippen molar-refractivity contribution in [3.8, 4) is 11.5 Å². The Morgan fingerprint density at radius 1 is 1.09 bits per heavy atom. The van der Waals surface area contributed by atoms with Gasteiger partial charge in [0.15, 0.2) is 6.61 Å². The highest BCUT2D eigenvalue weighted by Gasteiger charge is 2.20. The maximum Gasteiger partial charge on any atom is 0.349 e. The van der Waals surface area contributed by atoms with Crippen LogP contribution >= 0.6 is 15.9 Å². The molecule has 0 aliphatic carbocycles. The van der Waals surface area contributed by atoms with Crippen LogP contribution in [0.5, 0.6) is 11.5 Å². The number of hydrogen-bond donors (Lipinski definition) is 1. The first-order valence-corrected chi connectivity index (χ1v) is 11.9. The van der Waals surface area contributed by atoms with E-state index in [2.05, 4.69) is 42.0 Å². The van der Waals surface area contributed by atoms with Crippen molar-refractivity contribution in [1.29, 1.82) is 0 Å². The van der Waals surface area contributed by atoms with E-state index in [9.17, 15) is 14.4 Å². The first kappa shape index (κ1) is 26.4. The van der Waals surface area contributed by atoms with Gasteiger partial charge in [0.05, 0.1) is 0 Å². The molecule has 9 heteroatoms. The van der Waals surface area contributed by atoms with Crippen LogP contribution in [0.1, 0.15) is 43.1 Å². The van der Waals surface area contributed by atoms with E-state index in [1.54, 1.807) is 25.3 Å². The van der Waals surface area contributed by atoms with Gasteiger partial charge in [-0.25, -0.2) is 9.59 Å². The molecule has 0 saturated heterocycles. The number of fused-ring (bicyclic) bond motifs is 1. The van der Waals surface area contributed by atoms with Crippen LogP contribution in [0, 0.1) is 0 Å². The molecular formula is C26H28BrNO7. The summed E-state index contributed by atoms with van der Waals surface area (Å²) >= 11 is 3.46. The van der Waals surface area contributed by atoms with Crippen molar-refractivity contribution in [1.82, 2.24) is 5.32 Å². The maximum atomic E-state index is 12.4. The molecule has 0 aliphatic heterocycles. The molecule has 35 heavy (non-hydrogen) atoms. The molecule has 0 spiro atoms. The highest BCUT2D eigenvalue weighted by molar-refractivity contribution is 9.10. The smallest absolute Gasteiger partial charge is 0.349 e. The number of hydrogen-bond acceptors (Lipinski definition) is 7. The van der Waals surface area contributed by atoms with Crippen molar-refractivity contribution in [2.24, 2.45) is 0 Å². The predicted octanol–water partition coefficient (Wildman–Crippen LogP) is 4.60. The molecule has 1 aromatic heterocycles. The van der Waals surface area contributed by atoms with E-state index < -0.39 is 17.5 Å². The van der Waals surface area contributed by atoms with Crippen LogP contribution in [0.2, 0.25) is 0 Å². The lowest BCUT2D eigenvalue weighted by molar-refractivity contribution is -0.136. The Morgan fingerprint density at radius 3 is 2.57 bits per heavy atom. The first-order valence-electron chi connectivity index (χ1n) is 11.1. The van der Waals surface area contributed by atoms with Crippen LogP contribution in [-0.4, -0.2) is 38.7 Å². The van der Waals surface area contributed by atoms with Gasteiger partial charge < -0.3 is 23.9 Å². The summed E-state index contributed by atoms with van der Waals surface area (Å²) in [6.45, 7) is 6.74. The molecule has 8 nitrogen and oxygen atoms in total. The number of ether oxygens (including phenoxy) is 3. The minimum absolute atomic E-state index is 0.0998. The van der Waals surface area contributed by atoms with Gasteiger partial charge in [-0.1, -0.05) is 36.7 Å². The summed E-state index contributed by atoms with van der Waals surface area (Å²) in [6, 6.07) is 11.6. The Labute approximate surface area is 211 Å². The van der Waals surface area contributed by atoms with E-state index in [1.807, 2.05) is 12.1 Å². The molecule has 0 atom stereocenters. The second kappa shape index (κ2) is 11.5. The molecule has 0 unspecified atom stereocenters. The third-order valence-electron chi connectivity index (χ3n) is 5.09. The molecule has 186 valence electrons. The maximum absolute atomic E-state index is 12.4. The SMILES string of the molecule is COCCCNC(=O)c1cc2ccc(OC(=O)COc3ccc(Br)cc3C(C)(C)C)cc2oc1=O. The van der Waals surface area contributed by atoms with Crippen molar-refractivity contribution in [2.45, 2.75) is 32.6 Å². The molecule has 0 saturated carbocycles. The molecule has 1 heterocycles. The second-order valence-electron chi connectivity index (χ2n) is 8.90. The second-order valence-corrected chi connectivity index (χ2v) is 9.82. The molecule has 0 bridgehead atoms. The van der Waals surface area contributed by atoms with Gasteiger partial charge >= 0.3 is 11.6 Å². The van der Waals surface area contributed by atoms with Crippen molar-refractivity contribution in [3.05, 3.63) is 68.5 Å². The Balaban J connectivity index is 1.67. The lowest BCUT2D eigenvalue weighted by atomic mass is 9.86. The Hall–Kier alpha value is -3.17. The van der Waals surface area contributed by atoms with Crippen molar-refractivity contribution in [2.75, 3.05) is 26.9 Å². The van der Waals surface area contributed by atoms with Crippen LogP contribution < -0.4 is 20.4 Å². The molecule has 3 rings (SSSR count). The Morgan fingerprint density at radius 2 is 1.86 bits per heavy atom. The fourth-order valence-corrected chi connectivity index (χ4v) is 3.70. The number of amides is 1. The summed E-state index contributed by atoms with van der Waals surface area (Å²) < 4.78 is 22.2. The highest BCUT2D eigenvalue weighted by Crippen LogP contribution is 2.33. The lowest BCUT2D eigenvalue weighted by Gasteiger charge is -2.23. The molecule has 0 fully saturated rings. The number of carbonyl (C=O) groups is 2. The predicted molar refractivity (Wildman–Crippen MR) is 135 cm³/mol. The van der Waals surface area contributed by atoms with Gasteiger partial charge in [0, 0.05) is 41.8 Å². The zero-order chi connectivity index (χ0) is 25.6. The fourth-order valence-electron chi connectivity index (χ4n) is 3.34. The van der Waals surface area contributed by atoms with Gasteiger partial charge in [0.2, 0.25) is 0 Å². The topological polar surface area (TPSA) is 104 Å². The summed E-state index contributed by atoms with van der Waals surface area (Å²) in [5.74, 6) is -0.346. The number of nitrogens with one attached hydrogen (secondary N) is 1. The van der Waals surface area contributed by atoms with E-state index >= 15 is 0 Å². The summed E-state index contributed by atoms with van der Waals surface area (Å²) in [5, 5.41) is 3.18. The molecule has 0 radical (unpaired) electrons. The van der Waals surface area contributed by atoms with E-state index in [1.165, 1.54) is 12.1 Å². The minimum Gasteiger partial charge on any atom is -0.482 e. The van der Waals surface area contributed by atoms with Gasteiger partial charge in [0.1, 0.15) is 22.6 Å². The average Bonchev–Trinajstić information content (AvgIpc) is 2.79. The van der Waals surface area contributed by atoms with Crippen LogP contribution in [-0.2, 0) is 14.9 Å². The molecule has 1 N–H and O–H groups in total. The fraction of sp³-hybridized carbons (Fsp3) is 0.346. The minimum atomic E-state index is -0.779.